The first kappa shape index (κ1) is 18.0. The monoisotopic (exact) mass is 313 g/mol. The van der Waals surface area contributed by atoms with Crippen molar-refractivity contribution in [1.29, 1.82) is 0 Å². The molecular weight excluding hydrogens is 286 g/mol. The minimum atomic E-state index is -3.71. The Morgan fingerprint density at radius 1 is 1.19 bits per heavy atom. The van der Waals surface area contributed by atoms with E-state index in [1.165, 1.54) is 12.8 Å². The van der Waals surface area contributed by atoms with E-state index in [1.54, 1.807) is 6.07 Å². The summed E-state index contributed by atoms with van der Waals surface area (Å²) >= 11 is 0. The Kier molecular flexibility index (Phi) is 6.68. The zero-order valence-electron chi connectivity index (χ0n) is 13.5. The Balaban J connectivity index is 2.95. The van der Waals surface area contributed by atoms with Gasteiger partial charge in [0.15, 0.2) is 0 Å². The van der Waals surface area contributed by atoms with Crippen LogP contribution in [0.1, 0.15) is 63.5 Å². The summed E-state index contributed by atoms with van der Waals surface area (Å²) < 4.78 is 29.2. The van der Waals surface area contributed by atoms with Crippen molar-refractivity contribution in [3.63, 3.8) is 0 Å². The molecule has 0 amide bonds. The van der Waals surface area contributed by atoms with E-state index in [9.17, 15) is 8.42 Å². The second-order valence-electron chi connectivity index (χ2n) is 5.76. The highest BCUT2D eigenvalue weighted by Gasteiger charge is 2.19. The van der Waals surface area contributed by atoms with Crippen LogP contribution in [0.2, 0.25) is 0 Å². The lowest BCUT2D eigenvalue weighted by molar-refractivity contribution is 0.302. The Morgan fingerprint density at radius 3 is 2.38 bits per heavy atom. The fraction of sp³-hybridized carbons (Fsp3) is 0.625. The van der Waals surface area contributed by atoms with Gasteiger partial charge in [0.2, 0.25) is 10.0 Å². The van der Waals surface area contributed by atoms with Crippen molar-refractivity contribution in [1.82, 2.24) is 0 Å². The molecule has 0 spiro atoms. The predicted molar refractivity (Wildman–Crippen MR) is 86.3 cm³/mol. The molecule has 21 heavy (non-hydrogen) atoms. The fourth-order valence-electron chi connectivity index (χ4n) is 2.24. The van der Waals surface area contributed by atoms with Crippen molar-refractivity contribution in [2.24, 2.45) is 5.14 Å². The molecule has 0 bridgehead atoms. The number of nitrogens with two attached hydrogens (primary N) is 1. The highest BCUT2D eigenvalue weighted by molar-refractivity contribution is 7.89. The van der Waals surface area contributed by atoms with Gasteiger partial charge in [-0.1, -0.05) is 40.0 Å². The minimum absolute atomic E-state index is 0.0707. The molecular formula is C16H27NO3S. The number of rotatable bonds is 8. The van der Waals surface area contributed by atoms with Crippen molar-refractivity contribution in [3.8, 4) is 5.75 Å². The van der Waals surface area contributed by atoms with Crippen molar-refractivity contribution in [2.75, 3.05) is 6.61 Å². The van der Waals surface area contributed by atoms with Gasteiger partial charge in [0.1, 0.15) is 5.75 Å². The second kappa shape index (κ2) is 7.80. The average molecular weight is 313 g/mol. The van der Waals surface area contributed by atoms with Gasteiger partial charge in [-0.05, 0) is 42.5 Å². The Labute approximate surface area is 128 Å². The topological polar surface area (TPSA) is 69.4 Å². The van der Waals surface area contributed by atoms with Crippen LogP contribution >= 0.6 is 0 Å². The van der Waals surface area contributed by atoms with E-state index in [1.807, 2.05) is 26.8 Å². The van der Waals surface area contributed by atoms with Gasteiger partial charge in [0.05, 0.1) is 11.5 Å². The van der Waals surface area contributed by atoms with E-state index in [0.29, 0.717) is 12.2 Å². The van der Waals surface area contributed by atoms with Crippen molar-refractivity contribution in [3.05, 3.63) is 23.3 Å². The molecule has 0 saturated heterocycles. The van der Waals surface area contributed by atoms with Crippen LogP contribution in [0.3, 0.4) is 0 Å². The molecule has 1 aromatic rings. The number of ether oxygens (including phenoxy) is 1. The number of sulfonamides is 1. The molecule has 0 unspecified atom stereocenters. The summed E-state index contributed by atoms with van der Waals surface area (Å²) in [5.74, 6) is 0.823. The molecule has 120 valence electrons. The first-order valence-corrected chi connectivity index (χ1v) is 9.12. The number of aryl methyl sites for hydroxylation is 1. The standard InChI is InChI=1S/C16H27NO3S/c1-5-6-7-8-9-20-15-11-14(12(2)3)16(10-13(15)4)21(17,18)19/h10-12H,5-9H2,1-4H3,(H2,17,18,19). The van der Waals surface area contributed by atoms with Crippen LogP contribution in [0.5, 0.6) is 5.75 Å². The molecule has 0 saturated carbocycles. The maximum absolute atomic E-state index is 11.7. The Hall–Kier alpha value is -1.07. The Morgan fingerprint density at radius 2 is 1.86 bits per heavy atom. The summed E-state index contributed by atoms with van der Waals surface area (Å²) in [4.78, 5) is 0.202. The lowest BCUT2D eigenvalue weighted by atomic mass is 10.0. The zero-order valence-corrected chi connectivity index (χ0v) is 14.3. The van der Waals surface area contributed by atoms with Gasteiger partial charge in [0.25, 0.3) is 0 Å². The summed E-state index contributed by atoms with van der Waals surface area (Å²) in [7, 11) is -3.71. The van der Waals surface area contributed by atoms with Gasteiger partial charge in [-0.3, -0.25) is 0 Å². The predicted octanol–water partition coefficient (Wildman–Crippen LogP) is 3.72. The van der Waals surface area contributed by atoms with E-state index >= 15 is 0 Å². The molecule has 0 heterocycles. The maximum atomic E-state index is 11.7. The van der Waals surface area contributed by atoms with E-state index in [0.717, 1.165) is 24.2 Å². The van der Waals surface area contributed by atoms with Crippen molar-refractivity contribution >= 4 is 10.0 Å². The summed E-state index contributed by atoms with van der Waals surface area (Å²) in [5, 5.41) is 5.30. The molecule has 0 aliphatic carbocycles. The summed E-state index contributed by atoms with van der Waals surface area (Å²) in [6, 6.07) is 3.44. The highest BCUT2D eigenvalue weighted by atomic mass is 32.2. The smallest absolute Gasteiger partial charge is 0.238 e. The molecule has 1 rings (SSSR count). The molecule has 0 aliphatic rings. The number of primary sulfonamides is 1. The first-order valence-electron chi connectivity index (χ1n) is 7.57. The summed E-state index contributed by atoms with van der Waals surface area (Å²) in [5.41, 5.74) is 1.52. The first-order chi connectivity index (χ1) is 9.77. The van der Waals surface area contributed by atoms with E-state index in [-0.39, 0.29) is 10.8 Å². The molecule has 1 aromatic carbocycles. The number of hydrogen-bond acceptors (Lipinski definition) is 3. The number of unbranched alkanes of at least 4 members (excludes halogenated alkanes) is 3. The Bertz CT molecular complexity index is 565. The normalized spacial score (nSPS) is 11.9. The third kappa shape index (κ3) is 5.32. The average Bonchev–Trinajstić information content (AvgIpc) is 2.38. The molecule has 0 radical (unpaired) electrons. The summed E-state index contributed by atoms with van der Waals surface area (Å²) in [6.45, 7) is 8.58. The fourth-order valence-corrected chi connectivity index (χ4v) is 3.21. The molecule has 4 nitrogen and oxygen atoms in total. The zero-order chi connectivity index (χ0) is 16.0. The van der Waals surface area contributed by atoms with Gasteiger partial charge >= 0.3 is 0 Å². The SMILES string of the molecule is CCCCCCOc1cc(C(C)C)c(S(N)(=O)=O)cc1C. The lowest BCUT2D eigenvalue weighted by Gasteiger charge is -2.16. The summed E-state index contributed by atoms with van der Waals surface area (Å²) in [6.07, 6.45) is 4.58. The number of benzene rings is 1. The van der Waals surface area contributed by atoms with Crippen LogP contribution in [0.25, 0.3) is 0 Å². The quantitative estimate of drug-likeness (QED) is 0.744. The van der Waals surface area contributed by atoms with Gasteiger partial charge in [-0.15, -0.1) is 0 Å². The maximum Gasteiger partial charge on any atom is 0.238 e. The van der Waals surface area contributed by atoms with E-state index < -0.39 is 10.0 Å². The van der Waals surface area contributed by atoms with Gasteiger partial charge in [-0.2, -0.15) is 0 Å². The number of hydrogen-bond donors (Lipinski definition) is 1. The molecule has 0 aromatic heterocycles. The third-order valence-corrected chi connectivity index (χ3v) is 4.46. The molecule has 5 heteroatoms. The van der Waals surface area contributed by atoms with Crippen LogP contribution in [0.4, 0.5) is 0 Å². The van der Waals surface area contributed by atoms with Crippen molar-refractivity contribution in [2.45, 2.75) is 64.2 Å². The largest absolute Gasteiger partial charge is 0.493 e. The van der Waals surface area contributed by atoms with Gasteiger partial charge < -0.3 is 4.74 Å². The van der Waals surface area contributed by atoms with Crippen LogP contribution in [-0.2, 0) is 10.0 Å². The molecule has 0 atom stereocenters. The van der Waals surface area contributed by atoms with Crippen LogP contribution in [0, 0.1) is 6.92 Å². The lowest BCUT2D eigenvalue weighted by Crippen LogP contribution is -2.16. The molecule has 0 aliphatic heterocycles. The second-order valence-corrected chi connectivity index (χ2v) is 7.29. The van der Waals surface area contributed by atoms with Crippen LogP contribution < -0.4 is 9.88 Å². The minimum Gasteiger partial charge on any atom is -0.493 e. The van der Waals surface area contributed by atoms with E-state index in [2.05, 4.69) is 6.92 Å². The highest BCUT2D eigenvalue weighted by Crippen LogP contribution is 2.30. The van der Waals surface area contributed by atoms with Gasteiger partial charge in [0, 0.05) is 0 Å². The molecule has 0 fully saturated rings. The van der Waals surface area contributed by atoms with E-state index in [4.69, 9.17) is 9.88 Å². The van der Waals surface area contributed by atoms with Gasteiger partial charge in [-0.25, -0.2) is 13.6 Å². The van der Waals surface area contributed by atoms with Crippen LogP contribution in [-0.4, -0.2) is 15.0 Å². The third-order valence-electron chi connectivity index (χ3n) is 3.49. The van der Waals surface area contributed by atoms with Crippen molar-refractivity contribution < 1.29 is 13.2 Å². The van der Waals surface area contributed by atoms with Crippen LogP contribution in [0.15, 0.2) is 17.0 Å². The molecule has 2 N–H and O–H groups in total.